The lowest BCUT2D eigenvalue weighted by Crippen LogP contribution is -2.19. The zero-order chi connectivity index (χ0) is 12.1. The van der Waals surface area contributed by atoms with Crippen LogP contribution in [0.4, 0.5) is 0 Å². The normalized spacial score (nSPS) is 14.8. The van der Waals surface area contributed by atoms with Gasteiger partial charge in [0.1, 0.15) is 0 Å². The minimum absolute atomic E-state index is 0.0595. The number of methoxy groups -OCH3 is 1. The Balaban J connectivity index is 2.59. The fraction of sp³-hybridized carbons (Fsp3) is 0.500. The van der Waals surface area contributed by atoms with Crippen LogP contribution < -0.4 is 0 Å². The SMILES string of the molecule is COC(C)CC(O)Cc1ccc(Br)cc1Cl. The average Bonchev–Trinajstić information content (AvgIpc) is 2.22. The molecular formula is C12H16BrClO2. The van der Waals surface area contributed by atoms with Gasteiger partial charge < -0.3 is 9.84 Å². The minimum Gasteiger partial charge on any atom is -0.393 e. The van der Waals surface area contributed by atoms with E-state index in [1.165, 1.54) is 0 Å². The second kappa shape index (κ2) is 6.60. The van der Waals surface area contributed by atoms with Crippen LogP contribution in [0.25, 0.3) is 0 Å². The van der Waals surface area contributed by atoms with Crippen LogP contribution in [0.2, 0.25) is 5.02 Å². The molecule has 1 aromatic carbocycles. The summed E-state index contributed by atoms with van der Waals surface area (Å²) >= 11 is 9.42. The molecular weight excluding hydrogens is 291 g/mol. The van der Waals surface area contributed by atoms with Gasteiger partial charge in [0.15, 0.2) is 0 Å². The molecule has 0 amide bonds. The third kappa shape index (κ3) is 4.42. The first-order chi connectivity index (χ1) is 7.52. The van der Waals surface area contributed by atoms with E-state index < -0.39 is 6.10 Å². The molecule has 0 saturated carbocycles. The molecule has 4 heteroatoms. The molecule has 2 atom stereocenters. The summed E-state index contributed by atoms with van der Waals surface area (Å²) in [5.74, 6) is 0. The van der Waals surface area contributed by atoms with Crippen molar-refractivity contribution in [2.75, 3.05) is 7.11 Å². The third-order valence-corrected chi connectivity index (χ3v) is 3.32. The first-order valence-electron chi connectivity index (χ1n) is 5.17. The molecule has 0 aromatic heterocycles. The Morgan fingerprint density at radius 2 is 2.19 bits per heavy atom. The average molecular weight is 308 g/mol. The highest BCUT2D eigenvalue weighted by Gasteiger charge is 2.12. The first kappa shape index (κ1) is 14.0. The molecule has 90 valence electrons. The van der Waals surface area contributed by atoms with Gasteiger partial charge in [-0.25, -0.2) is 0 Å². The van der Waals surface area contributed by atoms with Gasteiger partial charge >= 0.3 is 0 Å². The number of ether oxygens (including phenoxy) is 1. The summed E-state index contributed by atoms with van der Waals surface area (Å²) in [7, 11) is 1.64. The van der Waals surface area contributed by atoms with Crippen LogP contribution in [0.3, 0.4) is 0 Å². The van der Waals surface area contributed by atoms with Crippen LogP contribution >= 0.6 is 27.5 Å². The molecule has 2 unspecified atom stereocenters. The molecule has 1 rings (SSSR count). The number of halogens is 2. The van der Waals surface area contributed by atoms with Gasteiger partial charge in [0.05, 0.1) is 12.2 Å². The molecule has 0 fully saturated rings. The quantitative estimate of drug-likeness (QED) is 0.903. The predicted molar refractivity (Wildman–Crippen MR) is 70.0 cm³/mol. The zero-order valence-electron chi connectivity index (χ0n) is 9.41. The summed E-state index contributed by atoms with van der Waals surface area (Å²) in [5.41, 5.74) is 0.959. The Morgan fingerprint density at radius 1 is 1.50 bits per heavy atom. The number of rotatable bonds is 5. The van der Waals surface area contributed by atoms with Crippen molar-refractivity contribution in [2.24, 2.45) is 0 Å². The molecule has 0 aliphatic heterocycles. The van der Waals surface area contributed by atoms with E-state index in [2.05, 4.69) is 15.9 Å². The molecule has 0 aliphatic carbocycles. The summed E-state index contributed by atoms with van der Waals surface area (Å²) < 4.78 is 6.05. The van der Waals surface area contributed by atoms with Gasteiger partial charge in [-0.3, -0.25) is 0 Å². The van der Waals surface area contributed by atoms with E-state index in [1.54, 1.807) is 7.11 Å². The van der Waals surface area contributed by atoms with Crippen LogP contribution in [0.15, 0.2) is 22.7 Å². The summed E-state index contributed by atoms with van der Waals surface area (Å²) in [6, 6.07) is 5.68. The van der Waals surface area contributed by atoms with Gasteiger partial charge in [-0.2, -0.15) is 0 Å². The van der Waals surface area contributed by atoms with Crippen molar-refractivity contribution in [3.8, 4) is 0 Å². The van der Waals surface area contributed by atoms with Crippen molar-refractivity contribution in [1.29, 1.82) is 0 Å². The lowest BCUT2D eigenvalue weighted by atomic mass is 10.0. The second-order valence-electron chi connectivity index (χ2n) is 3.88. The Bertz CT molecular complexity index is 344. The maximum absolute atomic E-state index is 9.85. The molecule has 0 aliphatic rings. The van der Waals surface area contributed by atoms with E-state index in [0.29, 0.717) is 17.9 Å². The Kier molecular flexibility index (Phi) is 5.76. The molecule has 1 aromatic rings. The molecule has 2 nitrogen and oxygen atoms in total. The lowest BCUT2D eigenvalue weighted by Gasteiger charge is -2.15. The summed E-state index contributed by atoms with van der Waals surface area (Å²) in [5, 5.41) is 10.5. The fourth-order valence-electron chi connectivity index (χ4n) is 1.50. The topological polar surface area (TPSA) is 29.5 Å². The molecule has 0 saturated heterocycles. The molecule has 16 heavy (non-hydrogen) atoms. The highest BCUT2D eigenvalue weighted by molar-refractivity contribution is 9.10. The van der Waals surface area contributed by atoms with E-state index in [1.807, 2.05) is 25.1 Å². The standard InChI is InChI=1S/C12H16BrClO2/c1-8(16-2)5-11(15)6-9-3-4-10(13)7-12(9)14/h3-4,7-8,11,15H,5-6H2,1-2H3. The van der Waals surface area contributed by atoms with Crippen LogP contribution in [-0.4, -0.2) is 24.4 Å². The van der Waals surface area contributed by atoms with E-state index in [-0.39, 0.29) is 6.10 Å². The zero-order valence-corrected chi connectivity index (χ0v) is 11.8. The Hall–Kier alpha value is -0.0900. The Morgan fingerprint density at radius 3 is 2.75 bits per heavy atom. The van der Waals surface area contributed by atoms with Crippen molar-refractivity contribution in [3.05, 3.63) is 33.3 Å². The maximum atomic E-state index is 9.85. The smallest absolute Gasteiger partial charge is 0.0605 e. The molecule has 0 heterocycles. The number of hydrogen-bond acceptors (Lipinski definition) is 2. The summed E-state index contributed by atoms with van der Waals surface area (Å²) in [6.45, 7) is 1.94. The highest BCUT2D eigenvalue weighted by atomic mass is 79.9. The van der Waals surface area contributed by atoms with E-state index in [9.17, 15) is 5.11 Å². The monoisotopic (exact) mass is 306 g/mol. The van der Waals surface area contributed by atoms with Crippen molar-refractivity contribution >= 4 is 27.5 Å². The van der Waals surface area contributed by atoms with Gasteiger partial charge in [0.25, 0.3) is 0 Å². The number of aliphatic hydroxyl groups excluding tert-OH is 1. The van der Waals surface area contributed by atoms with Gasteiger partial charge in [0, 0.05) is 16.6 Å². The van der Waals surface area contributed by atoms with Crippen LogP contribution in [-0.2, 0) is 11.2 Å². The second-order valence-corrected chi connectivity index (χ2v) is 5.20. The molecule has 1 N–H and O–H groups in total. The molecule has 0 radical (unpaired) electrons. The molecule has 0 spiro atoms. The minimum atomic E-state index is -0.423. The van der Waals surface area contributed by atoms with Crippen LogP contribution in [0, 0.1) is 0 Å². The highest BCUT2D eigenvalue weighted by Crippen LogP contribution is 2.23. The number of aliphatic hydroxyl groups is 1. The Labute approximate surface area is 110 Å². The maximum Gasteiger partial charge on any atom is 0.0605 e. The van der Waals surface area contributed by atoms with Gasteiger partial charge in [-0.05, 0) is 37.5 Å². The van der Waals surface area contributed by atoms with Gasteiger partial charge in [-0.1, -0.05) is 33.6 Å². The van der Waals surface area contributed by atoms with E-state index in [4.69, 9.17) is 16.3 Å². The van der Waals surface area contributed by atoms with Crippen molar-refractivity contribution in [3.63, 3.8) is 0 Å². The lowest BCUT2D eigenvalue weighted by molar-refractivity contribution is 0.0565. The first-order valence-corrected chi connectivity index (χ1v) is 6.34. The van der Waals surface area contributed by atoms with Crippen molar-refractivity contribution in [1.82, 2.24) is 0 Å². The van der Waals surface area contributed by atoms with Gasteiger partial charge in [-0.15, -0.1) is 0 Å². The summed E-state index contributed by atoms with van der Waals surface area (Å²) in [4.78, 5) is 0. The fourth-order valence-corrected chi connectivity index (χ4v) is 2.25. The van der Waals surface area contributed by atoms with E-state index in [0.717, 1.165) is 10.0 Å². The third-order valence-electron chi connectivity index (χ3n) is 2.48. The van der Waals surface area contributed by atoms with Crippen LogP contribution in [0.5, 0.6) is 0 Å². The predicted octanol–water partition coefficient (Wildman–Crippen LogP) is 3.43. The number of benzene rings is 1. The van der Waals surface area contributed by atoms with Crippen molar-refractivity contribution in [2.45, 2.75) is 32.0 Å². The largest absolute Gasteiger partial charge is 0.393 e. The number of hydrogen-bond donors (Lipinski definition) is 1. The van der Waals surface area contributed by atoms with Crippen molar-refractivity contribution < 1.29 is 9.84 Å². The van der Waals surface area contributed by atoms with Crippen LogP contribution in [0.1, 0.15) is 18.9 Å². The summed E-state index contributed by atoms with van der Waals surface area (Å²) in [6.07, 6.45) is 0.806. The van der Waals surface area contributed by atoms with E-state index >= 15 is 0 Å². The molecule has 0 bridgehead atoms. The van der Waals surface area contributed by atoms with Gasteiger partial charge in [0.2, 0.25) is 0 Å².